The summed E-state index contributed by atoms with van der Waals surface area (Å²) in [4.78, 5) is 5.73. The molecule has 0 aromatic carbocycles. The summed E-state index contributed by atoms with van der Waals surface area (Å²) in [5, 5.41) is 0. The average molecular weight is 231 g/mol. The van der Waals surface area contributed by atoms with Gasteiger partial charge in [0, 0.05) is 0 Å². The second kappa shape index (κ2) is 3.67. The van der Waals surface area contributed by atoms with E-state index in [0.717, 1.165) is 6.20 Å². The maximum atomic E-state index is 12.3. The molecule has 2 heterocycles. The van der Waals surface area contributed by atoms with Crippen LogP contribution in [0.5, 0.6) is 0 Å². The third-order valence-electron chi connectivity index (χ3n) is 1.98. The second-order valence-electron chi connectivity index (χ2n) is 3.11. The van der Waals surface area contributed by atoms with Crippen LogP contribution in [0.3, 0.4) is 0 Å². The molecule has 0 amide bonds. The van der Waals surface area contributed by atoms with Gasteiger partial charge in [-0.3, -0.25) is 0 Å². The number of hydrogen-bond donors (Lipinski definition) is 2. The predicted octanol–water partition coefficient (Wildman–Crippen LogP) is 2.15. The summed E-state index contributed by atoms with van der Waals surface area (Å²) in [6.07, 6.45) is -3.71. The molecule has 2 aromatic heterocycles. The van der Waals surface area contributed by atoms with E-state index in [1.807, 2.05) is 0 Å². The molecule has 86 valence electrons. The van der Waals surface area contributed by atoms with Crippen LogP contribution in [0.1, 0.15) is 11.5 Å². The number of aromatic amines is 1. The highest BCUT2D eigenvalue weighted by molar-refractivity contribution is 5.47. The first-order chi connectivity index (χ1) is 7.50. The summed E-state index contributed by atoms with van der Waals surface area (Å²) in [6, 6.07) is 3.10. The molecular weight excluding hydrogens is 223 g/mol. The fourth-order valence-corrected chi connectivity index (χ4v) is 1.21. The van der Waals surface area contributed by atoms with E-state index in [0.29, 0.717) is 5.76 Å². The number of nitrogens with zero attached hydrogens (tertiary/aromatic N) is 1. The Morgan fingerprint density at radius 2 is 2.12 bits per heavy atom. The van der Waals surface area contributed by atoms with E-state index >= 15 is 0 Å². The molecule has 16 heavy (non-hydrogen) atoms. The molecule has 2 aromatic rings. The first-order valence-corrected chi connectivity index (χ1v) is 4.42. The molecule has 0 spiro atoms. The van der Waals surface area contributed by atoms with Gasteiger partial charge in [0.25, 0.3) is 0 Å². The van der Waals surface area contributed by atoms with E-state index in [1.54, 1.807) is 6.07 Å². The quantitative estimate of drug-likeness (QED) is 0.832. The SMILES string of the molecule is NCc1ccc(-c2ncc(C(F)(F)F)[nH]2)o1. The van der Waals surface area contributed by atoms with E-state index in [4.69, 9.17) is 10.2 Å². The number of hydrogen-bond acceptors (Lipinski definition) is 3. The Morgan fingerprint density at radius 3 is 2.62 bits per heavy atom. The van der Waals surface area contributed by atoms with E-state index in [9.17, 15) is 13.2 Å². The lowest BCUT2D eigenvalue weighted by Gasteiger charge is -2.00. The van der Waals surface area contributed by atoms with Crippen molar-refractivity contribution in [3.63, 3.8) is 0 Å². The molecule has 0 aliphatic heterocycles. The van der Waals surface area contributed by atoms with Gasteiger partial charge in [0.15, 0.2) is 11.6 Å². The minimum Gasteiger partial charge on any atom is -0.456 e. The van der Waals surface area contributed by atoms with E-state index in [2.05, 4.69) is 9.97 Å². The zero-order valence-corrected chi connectivity index (χ0v) is 8.01. The molecule has 0 aliphatic rings. The summed E-state index contributed by atoms with van der Waals surface area (Å²) < 4.78 is 42.0. The second-order valence-corrected chi connectivity index (χ2v) is 3.11. The standard InChI is InChI=1S/C9H8F3N3O/c10-9(11,12)7-4-14-8(15-7)6-2-1-5(3-13)16-6/h1-2,4H,3,13H2,(H,14,15). The number of rotatable bonds is 2. The highest BCUT2D eigenvalue weighted by atomic mass is 19.4. The fourth-order valence-electron chi connectivity index (χ4n) is 1.21. The normalized spacial score (nSPS) is 12.0. The minimum absolute atomic E-state index is 0.0343. The first kappa shape index (κ1) is 10.7. The van der Waals surface area contributed by atoms with E-state index in [-0.39, 0.29) is 18.1 Å². The van der Waals surface area contributed by atoms with Gasteiger partial charge < -0.3 is 15.1 Å². The number of imidazole rings is 1. The first-order valence-electron chi connectivity index (χ1n) is 4.42. The summed E-state index contributed by atoms with van der Waals surface area (Å²) in [6.45, 7) is 0.187. The van der Waals surface area contributed by atoms with Gasteiger partial charge in [0.1, 0.15) is 11.5 Å². The Morgan fingerprint density at radius 1 is 1.38 bits per heavy atom. The highest BCUT2D eigenvalue weighted by Gasteiger charge is 2.33. The minimum atomic E-state index is -4.44. The maximum Gasteiger partial charge on any atom is 0.432 e. The smallest absolute Gasteiger partial charge is 0.432 e. The van der Waals surface area contributed by atoms with Crippen molar-refractivity contribution in [2.45, 2.75) is 12.7 Å². The molecule has 0 unspecified atom stereocenters. The number of alkyl halides is 3. The number of H-pyrrole nitrogens is 1. The molecule has 3 N–H and O–H groups in total. The number of furan rings is 1. The van der Waals surface area contributed by atoms with Gasteiger partial charge in [-0.25, -0.2) is 4.98 Å². The van der Waals surface area contributed by atoms with Crippen LogP contribution in [0, 0.1) is 0 Å². The summed E-state index contributed by atoms with van der Waals surface area (Å²) in [5.41, 5.74) is 4.40. The van der Waals surface area contributed by atoms with Crippen molar-refractivity contribution in [1.82, 2.24) is 9.97 Å². The summed E-state index contributed by atoms with van der Waals surface area (Å²) >= 11 is 0. The third kappa shape index (κ3) is 1.94. The predicted molar refractivity (Wildman–Crippen MR) is 49.2 cm³/mol. The maximum absolute atomic E-state index is 12.3. The number of halogens is 3. The molecule has 0 radical (unpaired) electrons. The summed E-state index contributed by atoms with van der Waals surface area (Å²) in [7, 11) is 0. The third-order valence-corrected chi connectivity index (χ3v) is 1.98. The van der Waals surface area contributed by atoms with Gasteiger partial charge in [-0.2, -0.15) is 13.2 Å². The molecule has 2 rings (SSSR count). The molecule has 0 saturated carbocycles. The van der Waals surface area contributed by atoms with E-state index < -0.39 is 11.9 Å². The molecule has 0 saturated heterocycles. The van der Waals surface area contributed by atoms with Crippen LogP contribution < -0.4 is 5.73 Å². The molecule has 0 atom stereocenters. The van der Waals surface area contributed by atoms with Gasteiger partial charge in [-0.05, 0) is 12.1 Å². The van der Waals surface area contributed by atoms with Crippen molar-refractivity contribution >= 4 is 0 Å². The number of aromatic nitrogens is 2. The zero-order valence-electron chi connectivity index (χ0n) is 8.01. The topological polar surface area (TPSA) is 67.8 Å². The molecule has 7 heteroatoms. The van der Waals surface area contributed by atoms with Gasteiger partial charge >= 0.3 is 6.18 Å². The fraction of sp³-hybridized carbons (Fsp3) is 0.222. The Balaban J connectivity index is 2.31. The van der Waals surface area contributed by atoms with Gasteiger partial charge in [-0.1, -0.05) is 0 Å². The molecule has 0 fully saturated rings. The molecular formula is C9H8F3N3O. The van der Waals surface area contributed by atoms with Crippen LogP contribution in [0.25, 0.3) is 11.6 Å². The van der Waals surface area contributed by atoms with Crippen molar-refractivity contribution in [3.8, 4) is 11.6 Å². The zero-order chi connectivity index (χ0) is 11.8. The summed E-state index contributed by atoms with van der Waals surface area (Å²) in [5.74, 6) is 0.753. The molecule has 4 nitrogen and oxygen atoms in total. The van der Waals surface area contributed by atoms with Crippen LogP contribution in [-0.2, 0) is 12.7 Å². The highest BCUT2D eigenvalue weighted by Crippen LogP contribution is 2.29. The van der Waals surface area contributed by atoms with Crippen LogP contribution in [0.4, 0.5) is 13.2 Å². The Labute approximate surface area is 88.3 Å². The monoisotopic (exact) mass is 231 g/mol. The van der Waals surface area contributed by atoms with Crippen LogP contribution in [0.15, 0.2) is 22.7 Å². The molecule has 0 aliphatic carbocycles. The lowest BCUT2D eigenvalue weighted by Crippen LogP contribution is -2.04. The lowest BCUT2D eigenvalue weighted by molar-refractivity contribution is -0.140. The van der Waals surface area contributed by atoms with Gasteiger partial charge in [0.05, 0.1) is 12.7 Å². The largest absolute Gasteiger partial charge is 0.456 e. The van der Waals surface area contributed by atoms with Crippen molar-refractivity contribution in [2.24, 2.45) is 5.73 Å². The van der Waals surface area contributed by atoms with Crippen LogP contribution in [0.2, 0.25) is 0 Å². The van der Waals surface area contributed by atoms with Crippen LogP contribution >= 0.6 is 0 Å². The Hall–Kier alpha value is -1.76. The Kier molecular flexibility index (Phi) is 2.47. The van der Waals surface area contributed by atoms with Crippen molar-refractivity contribution in [3.05, 3.63) is 29.8 Å². The van der Waals surface area contributed by atoms with E-state index in [1.165, 1.54) is 6.07 Å². The van der Waals surface area contributed by atoms with Crippen molar-refractivity contribution in [2.75, 3.05) is 0 Å². The van der Waals surface area contributed by atoms with Gasteiger partial charge in [0.2, 0.25) is 0 Å². The number of nitrogens with one attached hydrogen (secondary N) is 1. The lowest BCUT2D eigenvalue weighted by atomic mass is 10.4. The van der Waals surface area contributed by atoms with Crippen molar-refractivity contribution in [1.29, 1.82) is 0 Å². The van der Waals surface area contributed by atoms with Gasteiger partial charge in [-0.15, -0.1) is 0 Å². The average Bonchev–Trinajstić information content (AvgIpc) is 2.85. The van der Waals surface area contributed by atoms with Crippen molar-refractivity contribution < 1.29 is 17.6 Å². The number of nitrogens with two attached hydrogens (primary N) is 1. The van der Waals surface area contributed by atoms with Crippen LogP contribution in [-0.4, -0.2) is 9.97 Å². The molecule has 0 bridgehead atoms. The Bertz CT molecular complexity index is 486.